The molecule has 0 saturated carbocycles. The molecule has 0 radical (unpaired) electrons. The summed E-state index contributed by atoms with van der Waals surface area (Å²) in [5.41, 5.74) is 6.13. The number of hydrogen-bond acceptors (Lipinski definition) is 2. The van der Waals surface area contributed by atoms with Crippen molar-refractivity contribution in [2.75, 3.05) is 0 Å². The van der Waals surface area contributed by atoms with E-state index in [1.807, 2.05) is 0 Å². The molecule has 0 aliphatic rings. The second-order valence-electron chi connectivity index (χ2n) is 4.07. The summed E-state index contributed by atoms with van der Waals surface area (Å²) in [6.07, 6.45) is 0. The zero-order valence-corrected chi connectivity index (χ0v) is 10.2. The fourth-order valence-corrected chi connectivity index (χ4v) is 1.65. The van der Waals surface area contributed by atoms with Crippen molar-refractivity contribution in [2.24, 2.45) is 5.73 Å². The van der Waals surface area contributed by atoms with E-state index in [1.54, 1.807) is 6.92 Å². The lowest BCUT2D eigenvalue weighted by atomic mass is 10.1. The van der Waals surface area contributed by atoms with Gasteiger partial charge in [-0.25, -0.2) is 8.78 Å². The third-order valence-corrected chi connectivity index (χ3v) is 2.59. The van der Waals surface area contributed by atoms with Gasteiger partial charge in [-0.1, -0.05) is 0 Å². The van der Waals surface area contributed by atoms with E-state index >= 15 is 0 Å². The first-order valence-electron chi connectivity index (χ1n) is 5.55. The molecule has 98 valence electrons. The maximum Gasteiger partial charge on any atom is 0.138 e. The van der Waals surface area contributed by atoms with Gasteiger partial charge in [0.25, 0.3) is 0 Å². The Hall–Kier alpha value is -2.43. The van der Waals surface area contributed by atoms with Gasteiger partial charge in [-0.05, 0) is 48.9 Å². The van der Waals surface area contributed by atoms with Gasteiger partial charge >= 0.3 is 0 Å². The average Bonchev–Trinajstić information content (AvgIpc) is 2.34. The molecule has 19 heavy (non-hydrogen) atoms. The van der Waals surface area contributed by atoms with Crippen LogP contribution in [0.1, 0.15) is 11.1 Å². The van der Waals surface area contributed by atoms with Gasteiger partial charge in [0.2, 0.25) is 0 Å². The van der Waals surface area contributed by atoms with Crippen molar-refractivity contribution in [3.63, 3.8) is 0 Å². The highest BCUT2D eigenvalue weighted by atomic mass is 19.1. The van der Waals surface area contributed by atoms with E-state index in [4.69, 9.17) is 15.9 Å². The number of nitrogens with two attached hydrogens (primary N) is 1. The molecule has 0 heterocycles. The van der Waals surface area contributed by atoms with Gasteiger partial charge < -0.3 is 10.5 Å². The first kappa shape index (κ1) is 13.0. The van der Waals surface area contributed by atoms with E-state index in [0.29, 0.717) is 11.3 Å². The standard InChI is InChI=1S/C14H12F2N2O/c1-8-6-9(15)2-4-12(8)19-13-5-3-10(16)7-11(13)14(17)18/h2-7H,1H3,(H3,17,18). The fourth-order valence-electron chi connectivity index (χ4n) is 1.65. The zero-order chi connectivity index (χ0) is 14.0. The Kier molecular flexibility index (Phi) is 3.46. The van der Waals surface area contributed by atoms with Crippen LogP contribution in [-0.2, 0) is 0 Å². The Labute approximate surface area is 109 Å². The Morgan fingerprint density at radius 2 is 1.63 bits per heavy atom. The number of hydrogen-bond donors (Lipinski definition) is 2. The molecule has 0 saturated heterocycles. The predicted molar refractivity (Wildman–Crippen MR) is 68.6 cm³/mol. The minimum atomic E-state index is -0.506. The fraction of sp³-hybridized carbons (Fsp3) is 0.0714. The average molecular weight is 262 g/mol. The van der Waals surface area contributed by atoms with E-state index in [2.05, 4.69) is 0 Å². The Morgan fingerprint density at radius 1 is 1.05 bits per heavy atom. The van der Waals surface area contributed by atoms with Gasteiger partial charge in [0.05, 0.1) is 5.56 Å². The highest BCUT2D eigenvalue weighted by Gasteiger charge is 2.10. The second kappa shape index (κ2) is 5.06. The lowest BCUT2D eigenvalue weighted by molar-refractivity contribution is 0.473. The van der Waals surface area contributed by atoms with Crippen LogP contribution in [0.25, 0.3) is 0 Å². The van der Waals surface area contributed by atoms with E-state index in [1.165, 1.54) is 30.3 Å². The number of aryl methyl sites for hydroxylation is 1. The summed E-state index contributed by atoms with van der Waals surface area (Å²) in [7, 11) is 0. The van der Waals surface area contributed by atoms with Crippen LogP contribution in [0.4, 0.5) is 8.78 Å². The molecule has 0 aliphatic heterocycles. The molecule has 0 atom stereocenters. The number of rotatable bonds is 3. The van der Waals surface area contributed by atoms with Gasteiger partial charge in [0, 0.05) is 0 Å². The highest BCUT2D eigenvalue weighted by molar-refractivity contribution is 5.97. The maximum atomic E-state index is 13.1. The van der Waals surface area contributed by atoms with Crippen LogP contribution in [0.3, 0.4) is 0 Å². The van der Waals surface area contributed by atoms with Gasteiger partial charge in [-0.15, -0.1) is 0 Å². The van der Waals surface area contributed by atoms with Crippen LogP contribution in [0.15, 0.2) is 36.4 Å². The summed E-state index contributed by atoms with van der Waals surface area (Å²) >= 11 is 0. The van der Waals surface area contributed by atoms with Gasteiger partial charge in [-0.3, -0.25) is 5.41 Å². The quantitative estimate of drug-likeness (QED) is 0.658. The number of ether oxygens (including phenoxy) is 1. The summed E-state index contributed by atoms with van der Waals surface area (Å²) in [5, 5.41) is 7.40. The molecule has 0 aromatic heterocycles. The molecule has 0 fully saturated rings. The first-order chi connectivity index (χ1) is 8.97. The zero-order valence-electron chi connectivity index (χ0n) is 10.2. The molecule has 0 spiro atoms. The number of nitrogen functional groups attached to an aromatic ring is 1. The second-order valence-corrected chi connectivity index (χ2v) is 4.07. The summed E-state index contributed by atoms with van der Waals surface area (Å²) in [6, 6.07) is 7.77. The lowest BCUT2D eigenvalue weighted by Gasteiger charge is -2.12. The minimum Gasteiger partial charge on any atom is -0.456 e. The molecule has 0 aliphatic carbocycles. The van der Waals surface area contributed by atoms with Gasteiger partial charge in [0.15, 0.2) is 0 Å². The number of halogens is 2. The van der Waals surface area contributed by atoms with Crippen LogP contribution in [0.5, 0.6) is 11.5 Å². The molecular weight excluding hydrogens is 250 g/mol. The molecule has 2 rings (SSSR count). The molecule has 5 heteroatoms. The summed E-state index contributed by atoms with van der Waals surface area (Å²) in [6.45, 7) is 1.69. The highest BCUT2D eigenvalue weighted by Crippen LogP contribution is 2.28. The van der Waals surface area contributed by atoms with E-state index in [0.717, 1.165) is 6.07 Å². The molecule has 0 amide bonds. The van der Waals surface area contributed by atoms with Crippen molar-refractivity contribution in [1.82, 2.24) is 0 Å². The largest absolute Gasteiger partial charge is 0.456 e. The number of amidine groups is 1. The Bertz CT molecular complexity index is 641. The third kappa shape index (κ3) is 2.88. The van der Waals surface area contributed by atoms with E-state index in [-0.39, 0.29) is 23.0 Å². The summed E-state index contributed by atoms with van der Waals surface area (Å²) < 4.78 is 31.7. The first-order valence-corrected chi connectivity index (χ1v) is 5.55. The maximum absolute atomic E-state index is 13.1. The lowest BCUT2D eigenvalue weighted by Crippen LogP contribution is -2.12. The number of nitrogens with one attached hydrogen (secondary N) is 1. The predicted octanol–water partition coefficient (Wildman–Crippen LogP) is 3.35. The monoisotopic (exact) mass is 262 g/mol. The normalized spacial score (nSPS) is 10.3. The molecule has 3 nitrogen and oxygen atoms in total. The summed E-state index contributed by atoms with van der Waals surface area (Å²) in [4.78, 5) is 0. The van der Waals surface area contributed by atoms with Gasteiger partial charge in [-0.2, -0.15) is 0 Å². The van der Waals surface area contributed by atoms with Crippen LogP contribution >= 0.6 is 0 Å². The van der Waals surface area contributed by atoms with Crippen molar-refractivity contribution in [3.05, 3.63) is 59.2 Å². The van der Waals surface area contributed by atoms with Crippen LogP contribution in [-0.4, -0.2) is 5.84 Å². The van der Waals surface area contributed by atoms with Crippen molar-refractivity contribution < 1.29 is 13.5 Å². The van der Waals surface area contributed by atoms with Crippen molar-refractivity contribution in [2.45, 2.75) is 6.92 Å². The van der Waals surface area contributed by atoms with Crippen molar-refractivity contribution in [3.8, 4) is 11.5 Å². The molecule has 3 N–H and O–H groups in total. The topological polar surface area (TPSA) is 59.1 Å². The van der Waals surface area contributed by atoms with E-state index < -0.39 is 5.82 Å². The van der Waals surface area contributed by atoms with Gasteiger partial charge in [0.1, 0.15) is 29.0 Å². The van der Waals surface area contributed by atoms with Crippen molar-refractivity contribution >= 4 is 5.84 Å². The molecular formula is C14H12F2N2O. The molecule has 2 aromatic carbocycles. The molecule has 2 aromatic rings. The SMILES string of the molecule is Cc1cc(F)ccc1Oc1ccc(F)cc1C(=N)N. The Morgan fingerprint density at radius 3 is 2.21 bits per heavy atom. The van der Waals surface area contributed by atoms with Crippen LogP contribution in [0.2, 0.25) is 0 Å². The van der Waals surface area contributed by atoms with Crippen LogP contribution in [0, 0.1) is 24.0 Å². The minimum absolute atomic E-state index is 0.156. The number of benzene rings is 2. The summed E-state index contributed by atoms with van der Waals surface area (Å²) in [5.74, 6) is -0.488. The third-order valence-electron chi connectivity index (χ3n) is 2.59. The Balaban J connectivity index is 2.40. The van der Waals surface area contributed by atoms with Crippen molar-refractivity contribution in [1.29, 1.82) is 5.41 Å². The van der Waals surface area contributed by atoms with E-state index in [9.17, 15) is 8.78 Å². The smallest absolute Gasteiger partial charge is 0.138 e. The molecule has 0 unspecified atom stereocenters. The molecule has 0 bridgehead atoms. The van der Waals surface area contributed by atoms with Crippen LogP contribution < -0.4 is 10.5 Å².